The van der Waals surface area contributed by atoms with E-state index in [1.807, 2.05) is 0 Å². The number of Topliss-reactive ketones (excluding diaryl/α,β-unsaturated/α-hetero) is 1. The van der Waals surface area contributed by atoms with Crippen LogP contribution < -0.4 is 0 Å². The molecule has 0 heterocycles. The molecular weight excluding hydrogens is 196 g/mol. The number of hydrogen-bond donors (Lipinski definition) is 0. The maximum Gasteiger partial charge on any atom is 0.140 e. The van der Waals surface area contributed by atoms with Crippen LogP contribution in [-0.2, 0) is 4.79 Å². The molecule has 0 amide bonds. The van der Waals surface area contributed by atoms with Gasteiger partial charge in [0, 0.05) is 12.8 Å². The van der Waals surface area contributed by atoms with Gasteiger partial charge in [0.2, 0.25) is 0 Å². The van der Waals surface area contributed by atoms with Crippen LogP contribution in [0.25, 0.3) is 0 Å². The molecule has 0 aliphatic heterocycles. The van der Waals surface area contributed by atoms with Crippen molar-refractivity contribution in [3.8, 4) is 0 Å². The molecule has 1 heteroatoms. The first-order valence-electron chi connectivity index (χ1n) is 6.56. The van der Waals surface area contributed by atoms with Crippen LogP contribution in [0.5, 0.6) is 0 Å². The van der Waals surface area contributed by atoms with Crippen LogP contribution in [0.2, 0.25) is 0 Å². The number of carbonyl (C=O) groups excluding carboxylic acids is 1. The number of ketones is 1. The molecule has 2 atom stereocenters. The summed E-state index contributed by atoms with van der Waals surface area (Å²) in [5.41, 5.74) is 2.77. The molecule has 2 aliphatic rings. The van der Waals surface area contributed by atoms with E-state index in [-0.39, 0.29) is 0 Å². The van der Waals surface area contributed by atoms with E-state index < -0.39 is 0 Å². The number of hydrogen-bond acceptors (Lipinski definition) is 1. The van der Waals surface area contributed by atoms with E-state index in [1.165, 1.54) is 36.8 Å². The molecule has 2 rings (SSSR count). The molecule has 0 saturated heterocycles. The van der Waals surface area contributed by atoms with Gasteiger partial charge in [-0.15, -0.1) is 0 Å². The van der Waals surface area contributed by atoms with Gasteiger partial charge in [0.1, 0.15) is 5.78 Å². The van der Waals surface area contributed by atoms with Crippen LogP contribution >= 0.6 is 0 Å². The van der Waals surface area contributed by atoms with Gasteiger partial charge in [-0.2, -0.15) is 0 Å². The van der Waals surface area contributed by atoms with Gasteiger partial charge in [-0.1, -0.05) is 37.1 Å². The summed E-state index contributed by atoms with van der Waals surface area (Å²) in [5, 5.41) is 0. The lowest BCUT2D eigenvalue weighted by molar-refractivity contribution is -0.117. The Hall–Kier alpha value is -0.850. The van der Waals surface area contributed by atoms with Crippen molar-refractivity contribution >= 4 is 5.78 Å². The summed E-state index contributed by atoms with van der Waals surface area (Å²) in [6.07, 6.45) is 10.8. The standard InChI is InChI=1S/C15H22O/c1-11-5-3-7-13(11)9-15(16)10-14-8-4-6-12(14)2/h7-8,11-12H,3-6,9-10H2,1-2H3. The highest BCUT2D eigenvalue weighted by molar-refractivity contribution is 5.83. The van der Waals surface area contributed by atoms with Gasteiger partial charge in [0.15, 0.2) is 0 Å². The molecular formula is C15H22O. The minimum Gasteiger partial charge on any atom is -0.299 e. The Morgan fingerprint density at radius 3 is 1.81 bits per heavy atom. The van der Waals surface area contributed by atoms with Crippen LogP contribution in [0.1, 0.15) is 52.4 Å². The van der Waals surface area contributed by atoms with Gasteiger partial charge in [-0.3, -0.25) is 4.79 Å². The van der Waals surface area contributed by atoms with Crippen molar-refractivity contribution in [1.82, 2.24) is 0 Å². The van der Waals surface area contributed by atoms with E-state index >= 15 is 0 Å². The molecule has 0 fully saturated rings. The monoisotopic (exact) mass is 218 g/mol. The van der Waals surface area contributed by atoms with Gasteiger partial charge >= 0.3 is 0 Å². The van der Waals surface area contributed by atoms with Crippen LogP contribution in [0.3, 0.4) is 0 Å². The largest absolute Gasteiger partial charge is 0.299 e. The van der Waals surface area contributed by atoms with Crippen LogP contribution in [0.4, 0.5) is 0 Å². The first kappa shape index (κ1) is 11.6. The fraction of sp³-hybridized carbons (Fsp3) is 0.667. The lowest BCUT2D eigenvalue weighted by Crippen LogP contribution is -2.06. The number of allylic oxidation sites excluding steroid dienone is 4. The number of carbonyl (C=O) groups is 1. The van der Waals surface area contributed by atoms with Crippen molar-refractivity contribution in [3.63, 3.8) is 0 Å². The zero-order valence-electron chi connectivity index (χ0n) is 10.5. The normalized spacial score (nSPS) is 29.1. The van der Waals surface area contributed by atoms with Crippen molar-refractivity contribution < 1.29 is 4.79 Å². The molecule has 0 aromatic rings. The second kappa shape index (κ2) is 4.99. The Morgan fingerprint density at radius 1 is 1.06 bits per heavy atom. The van der Waals surface area contributed by atoms with Crippen LogP contribution in [0.15, 0.2) is 23.3 Å². The lowest BCUT2D eigenvalue weighted by Gasteiger charge is -2.11. The predicted octanol–water partition coefficient (Wildman–Crippen LogP) is 4.05. The Morgan fingerprint density at radius 2 is 1.50 bits per heavy atom. The van der Waals surface area contributed by atoms with E-state index in [4.69, 9.17) is 0 Å². The molecule has 0 bridgehead atoms. The number of rotatable bonds is 4. The second-order valence-corrected chi connectivity index (χ2v) is 5.41. The Balaban J connectivity index is 1.85. The highest BCUT2D eigenvalue weighted by Gasteiger charge is 2.20. The van der Waals surface area contributed by atoms with E-state index in [2.05, 4.69) is 26.0 Å². The van der Waals surface area contributed by atoms with Gasteiger partial charge in [-0.05, 0) is 37.5 Å². The fourth-order valence-electron chi connectivity index (χ4n) is 2.82. The summed E-state index contributed by atoms with van der Waals surface area (Å²) in [5.74, 6) is 1.69. The fourth-order valence-corrected chi connectivity index (χ4v) is 2.82. The summed E-state index contributed by atoms with van der Waals surface area (Å²) in [6, 6.07) is 0. The SMILES string of the molecule is CC1CCC=C1CC(=O)CC1=CCCC1C. The highest BCUT2D eigenvalue weighted by atomic mass is 16.1. The maximum atomic E-state index is 12.0. The first-order chi connectivity index (χ1) is 7.66. The molecule has 0 N–H and O–H groups in total. The zero-order chi connectivity index (χ0) is 11.5. The summed E-state index contributed by atoms with van der Waals surface area (Å²) in [6.45, 7) is 4.48. The summed E-state index contributed by atoms with van der Waals surface area (Å²) in [7, 11) is 0. The van der Waals surface area contributed by atoms with Gasteiger partial charge in [0.05, 0.1) is 0 Å². The van der Waals surface area contributed by atoms with Crippen LogP contribution in [-0.4, -0.2) is 5.78 Å². The predicted molar refractivity (Wildman–Crippen MR) is 67.2 cm³/mol. The molecule has 16 heavy (non-hydrogen) atoms. The van der Waals surface area contributed by atoms with Gasteiger partial charge in [-0.25, -0.2) is 0 Å². The molecule has 0 radical (unpaired) electrons. The minimum absolute atomic E-state index is 0.417. The third-order valence-electron chi connectivity index (χ3n) is 4.08. The third-order valence-corrected chi connectivity index (χ3v) is 4.08. The van der Waals surface area contributed by atoms with Crippen molar-refractivity contribution in [1.29, 1.82) is 0 Å². The van der Waals surface area contributed by atoms with Crippen molar-refractivity contribution in [3.05, 3.63) is 23.3 Å². The molecule has 0 aromatic carbocycles. The Kier molecular flexibility index (Phi) is 3.63. The summed E-state index contributed by atoms with van der Waals surface area (Å²) in [4.78, 5) is 12.0. The molecule has 0 aromatic heterocycles. The third kappa shape index (κ3) is 2.63. The first-order valence-corrected chi connectivity index (χ1v) is 6.56. The van der Waals surface area contributed by atoms with E-state index in [0.29, 0.717) is 30.5 Å². The molecule has 0 spiro atoms. The molecule has 1 nitrogen and oxygen atoms in total. The van der Waals surface area contributed by atoms with Gasteiger partial charge < -0.3 is 0 Å². The molecule has 88 valence electrons. The average molecular weight is 218 g/mol. The zero-order valence-corrected chi connectivity index (χ0v) is 10.5. The van der Waals surface area contributed by atoms with Crippen molar-refractivity contribution in [2.45, 2.75) is 52.4 Å². The minimum atomic E-state index is 0.417. The van der Waals surface area contributed by atoms with Crippen molar-refractivity contribution in [2.24, 2.45) is 11.8 Å². The van der Waals surface area contributed by atoms with Crippen LogP contribution in [0, 0.1) is 11.8 Å². The van der Waals surface area contributed by atoms with E-state index in [9.17, 15) is 4.79 Å². The Labute approximate surface area is 98.6 Å². The maximum absolute atomic E-state index is 12.0. The molecule has 0 saturated carbocycles. The van der Waals surface area contributed by atoms with E-state index in [0.717, 1.165) is 0 Å². The summed E-state index contributed by atoms with van der Waals surface area (Å²) >= 11 is 0. The second-order valence-electron chi connectivity index (χ2n) is 5.41. The Bertz CT molecular complexity index is 303. The van der Waals surface area contributed by atoms with E-state index in [1.54, 1.807) is 0 Å². The average Bonchev–Trinajstić information content (AvgIpc) is 2.79. The topological polar surface area (TPSA) is 17.1 Å². The van der Waals surface area contributed by atoms with Crippen molar-refractivity contribution in [2.75, 3.05) is 0 Å². The highest BCUT2D eigenvalue weighted by Crippen LogP contribution is 2.31. The molecule has 2 unspecified atom stereocenters. The van der Waals surface area contributed by atoms with Gasteiger partial charge in [0.25, 0.3) is 0 Å². The quantitative estimate of drug-likeness (QED) is 0.651. The lowest BCUT2D eigenvalue weighted by atomic mass is 9.93. The summed E-state index contributed by atoms with van der Waals surface area (Å²) < 4.78 is 0. The molecule has 2 aliphatic carbocycles. The smallest absolute Gasteiger partial charge is 0.140 e.